The lowest BCUT2D eigenvalue weighted by Crippen LogP contribution is -2.47. The van der Waals surface area contributed by atoms with E-state index in [1.54, 1.807) is 0 Å². The van der Waals surface area contributed by atoms with Gasteiger partial charge in [-0.05, 0) is 31.7 Å². The van der Waals surface area contributed by atoms with Crippen LogP contribution in [0.2, 0.25) is 0 Å². The third-order valence-corrected chi connectivity index (χ3v) is 4.62. The Morgan fingerprint density at radius 3 is 2.74 bits per heavy atom. The van der Waals surface area contributed by atoms with E-state index in [9.17, 15) is 4.79 Å². The maximum absolute atomic E-state index is 12.1. The first kappa shape index (κ1) is 16.3. The minimum atomic E-state index is 0.0857. The van der Waals surface area contributed by atoms with Gasteiger partial charge in [0.2, 0.25) is 5.91 Å². The second-order valence-corrected chi connectivity index (χ2v) is 6.43. The van der Waals surface area contributed by atoms with Crippen LogP contribution in [0.5, 0.6) is 5.75 Å². The summed E-state index contributed by atoms with van der Waals surface area (Å²) in [4.78, 5) is 14.3. The summed E-state index contributed by atoms with van der Waals surface area (Å²) in [5, 5.41) is 6.33. The van der Waals surface area contributed by atoms with Gasteiger partial charge in [-0.2, -0.15) is 0 Å². The molecule has 0 spiro atoms. The van der Waals surface area contributed by atoms with Crippen molar-refractivity contribution in [3.8, 4) is 5.75 Å². The highest BCUT2D eigenvalue weighted by Crippen LogP contribution is 2.26. The summed E-state index contributed by atoms with van der Waals surface area (Å²) in [6.07, 6.45) is 5.14. The Hall–Kier alpha value is -1.59. The predicted octanol–water partition coefficient (Wildman–Crippen LogP) is 1.53. The fraction of sp³-hybridized carbons (Fsp3) is 0.611. The van der Waals surface area contributed by atoms with Crippen LogP contribution >= 0.6 is 0 Å². The van der Waals surface area contributed by atoms with Crippen molar-refractivity contribution < 1.29 is 9.53 Å². The Morgan fingerprint density at radius 2 is 1.96 bits per heavy atom. The molecule has 1 aromatic carbocycles. The van der Waals surface area contributed by atoms with Crippen molar-refractivity contribution in [1.82, 2.24) is 15.5 Å². The zero-order valence-electron chi connectivity index (χ0n) is 13.7. The second kappa shape index (κ2) is 8.31. The molecule has 0 bridgehead atoms. The van der Waals surface area contributed by atoms with Gasteiger partial charge in [-0.1, -0.05) is 18.2 Å². The van der Waals surface area contributed by atoms with E-state index in [0.717, 1.165) is 50.3 Å². The molecule has 126 valence electrons. The molecule has 1 saturated carbocycles. The minimum absolute atomic E-state index is 0.0857. The molecule has 1 saturated heterocycles. The highest BCUT2D eigenvalue weighted by molar-refractivity contribution is 5.78. The van der Waals surface area contributed by atoms with Gasteiger partial charge in [0.05, 0.1) is 12.6 Å². The third-order valence-electron chi connectivity index (χ3n) is 4.62. The molecule has 0 radical (unpaired) electrons. The molecule has 2 fully saturated rings. The Labute approximate surface area is 138 Å². The van der Waals surface area contributed by atoms with Gasteiger partial charge < -0.3 is 15.4 Å². The number of carbonyl (C=O) groups excluding carboxylic acids is 1. The lowest BCUT2D eigenvalue weighted by Gasteiger charge is -2.26. The van der Waals surface area contributed by atoms with Crippen LogP contribution in [0.3, 0.4) is 0 Å². The van der Waals surface area contributed by atoms with Crippen molar-refractivity contribution in [2.75, 3.05) is 32.7 Å². The number of para-hydroxylation sites is 1. The number of nitrogens with zero attached hydrogens (tertiary/aromatic N) is 1. The molecular weight excluding hydrogens is 290 g/mol. The average molecular weight is 317 g/mol. The number of hydrogen-bond acceptors (Lipinski definition) is 4. The van der Waals surface area contributed by atoms with Gasteiger partial charge in [0.1, 0.15) is 5.75 Å². The molecule has 0 unspecified atom stereocenters. The molecule has 0 atom stereocenters. The van der Waals surface area contributed by atoms with Crippen LogP contribution in [0.1, 0.15) is 31.2 Å². The summed E-state index contributed by atoms with van der Waals surface area (Å²) in [7, 11) is 0. The molecule has 1 aromatic rings. The van der Waals surface area contributed by atoms with E-state index < -0.39 is 0 Å². The molecule has 1 amide bonds. The van der Waals surface area contributed by atoms with Crippen LogP contribution < -0.4 is 15.4 Å². The first-order chi connectivity index (χ1) is 11.3. The Bertz CT molecular complexity index is 509. The van der Waals surface area contributed by atoms with Crippen LogP contribution in [-0.2, 0) is 11.3 Å². The monoisotopic (exact) mass is 317 g/mol. The Kier molecular flexibility index (Phi) is 5.88. The number of ether oxygens (including phenoxy) is 1. The fourth-order valence-electron chi connectivity index (χ4n) is 3.27. The van der Waals surface area contributed by atoms with Gasteiger partial charge in [0, 0.05) is 38.3 Å². The SMILES string of the molecule is O=C(CN1CCNCC1)NCc1ccccc1OC1CCCC1. The largest absolute Gasteiger partial charge is 0.490 e. The number of amides is 1. The first-order valence-corrected chi connectivity index (χ1v) is 8.75. The van der Waals surface area contributed by atoms with E-state index in [4.69, 9.17) is 4.74 Å². The highest BCUT2D eigenvalue weighted by atomic mass is 16.5. The summed E-state index contributed by atoms with van der Waals surface area (Å²) in [5.41, 5.74) is 1.06. The smallest absolute Gasteiger partial charge is 0.234 e. The number of piperazine rings is 1. The van der Waals surface area contributed by atoms with E-state index in [-0.39, 0.29) is 5.91 Å². The van der Waals surface area contributed by atoms with Crippen LogP contribution in [-0.4, -0.2) is 49.6 Å². The second-order valence-electron chi connectivity index (χ2n) is 6.43. The topological polar surface area (TPSA) is 53.6 Å². The number of rotatable bonds is 6. The summed E-state index contributed by atoms with van der Waals surface area (Å²) >= 11 is 0. The van der Waals surface area contributed by atoms with Gasteiger partial charge in [0.25, 0.3) is 0 Å². The maximum atomic E-state index is 12.1. The third kappa shape index (κ3) is 4.94. The van der Waals surface area contributed by atoms with Gasteiger partial charge >= 0.3 is 0 Å². The van der Waals surface area contributed by atoms with Crippen molar-refractivity contribution in [2.45, 2.75) is 38.3 Å². The number of benzene rings is 1. The van der Waals surface area contributed by atoms with Gasteiger partial charge in [-0.15, -0.1) is 0 Å². The molecule has 2 aliphatic rings. The Morgan fingerprint density at radius 1 is 1.22 bits per heavy atom. The van der Waals surface area contributed by atoms with Crippen molar-refractivity contribution in [1.29, 1.82) is 0 Å². The fourth-order valence-corrected chi connectivity index (χ4v) is 3.27. The average Bonchev–Trinajstić information content (AvgIpc) is 3.08. The van der Waals surface area contributed by atoms with Crippen molar-refractivity contribution in [2.24, 2.45) is 0 Å². The number of carbonyl (C=O) groups is 1. The zero-order valence-corrected chi connectivity index (χ0v) is 13.7. The van der Waals surface area contributed by atoms with Crippen LogP contribution in [0.15, 0.2) is 24.3 Å². The molecule has 1 heterocycles. The van der Waals surface area contributed by atoms with E-state index in [0.29, 0.717) is 19.2 Å². The molecule has 2 N–H and O–H groups in total. The summed E-state index contributed by atoms with van der Waals surface area (Å²) in [6, 6.07) is 8.04. The van der Waals surface area contributed by atoms with Gasteiger partial charge in [-0.3, -0.25) is 9.69 Å². The quantitative estimate of drug-likeness (QED) is 0.835. The summed E-state index contributed by atoms with van der Waals surface area (Å²) < 4.78 is 6.12. The van der Waals surface area contributed by atoms with E-state index in [2.05, 4.69) is 15.5 Å². The van der Waals surface area contributed by atoms with Gasteiger partial charge in [0.15, 0.2) is 0 Å². The van der Waals surface area contributed by atoms with Crippen molar-refractivity contribution in [3.63, 3.8) is 0 Å². The van der Waals surface area contributed by atoms with E-state index in [1.807, 2.05) is 24.3 Å². The molecule has 3 rings (SSSR count). The molecule has 5 nitrogen and oxygen atoms in total. The number of nitrogens with one attached hydrogen (secondary N) is 2. The normalized spacial score (nSPS) is 19.7. The summed E-state index contributed by atoms with van der Waals surface area (Å²) in [6.45, 7) is 4.82. The lowest BCUT2D eigenvalue weighted by atomic mass is 10.2. The predicted molar refractivity (Wildman–Crippen MR) is 90.5 cm³/mol. The van der Waals surface area contributed by atoms with E-state index in [1.165, 1.54) is 12.8 Å². The minimum Gasteiger partial charge on any atom is -0.490 e. The molecule has 0 aromatic heterocycles. The first-order valence-electron chi connectivity index (χ1n) is 8.75. The molecule has 1 aliphatic heterocycles. The van der Waals surface area contributed by atoms with Crippen LogP contribution in [0.25, 0.3) is 0 Å². The molecular formula is C18H27N3O2. The highest BCUT2D eigenvalue weighted by Gasteiger charge is 2.18. The Balaban J connectivity index is 1.49. The summed E-state index contributed by atoms with van der Waals surface area (Å²) in [5.74, 6) is 1.00. The van der Waals surface area contributed by atoms with E-state index >= 15 is 0 Å². The standard InChI is InChI=1S/C18H27N3O2/c22-18(14-21-11-9-19-10-12-21)20-13-15-5-1-4-8-17(15)23-16-6-2-3-7-16/h1,4-5,8,16,19H,2-3,6-7,9-14H2,(H,20,22). The lowest BCUT2D eigenvalue weighted by molar-refractivity contribution is -0.122. The van der Waals surface area contributed by atoms with Gasteiger partial charge in [-0.25, -0.2) is 0 Å². The van der Waals surface area contributed by atoms with Crippen LogP contribution in [0, 0.1) is 0 Å². The van der Waals surface area contributed by atoms with Crippen molar-refractivity contribution >= 4 is 5.91 Å². The molecule has 23 heavy (non-hydrogen) atoms. The maximum Gasteiger partial charge on any atom is 0.234 e. The molecule has 5 heteroatoms. The van der Waals surface area contributed by atoms with Crippen LogP contribution in [0.4, 0.5) is 0 Å². The van der Waals surface area contributed by atoms with Crippen molar-refractivity contribution in [3.05, 3.63) is 29.8 Å². The molecule has 1 aliphatic carbocycles. The zero-order chi connectivity index (χ0) is 15.9. The number of hydrogen-bond donors (Lipinski definition) is 2.